The van der Waals surface area contributed by atoms with E-state index < -0.39 is 35.4 Å². The summed E-state index contributed by atoms with van der Waals surface area (Å²) in [6, 6.07) is 0. The van der Waals surface area contributed by atoms with Crippen molar-refractivity contribution in [3.05, 3.63) is 11.3 Å². The minimum Gasteiger partial charge on any atom is -0.376 e. The van der Waals surface area contributed by atoms with Gasteiger partial charge in [-0.25, -0.2) is 0 Å². The third-order valence-electron chi connectivity index (χ3n) is 1.59. The molecule has 0 aliphatic heterocycles. The van der Waals surface area contributed by atoms with Gasteiger partial charge in [0.2, 0.25) is 5.91 Å². The maximum atomic E-state index is 12.7. The first-order valence-corrected chi connectivity index (χ1v) is 4.57. The second-order valence-corrected chi connectivity index (χ2v) is 4.29. The summed E-state index contributed by atoms with van der Waals surface area (Å²) < 4.78 is 38.0. The summed E-state index contributed by atoms with van der Waals surface area (Å²) in [5.74, 6) is -1.17. The van der Waals surface area contributed by atoms with Crippen molar-refractivity contribution < 1.29 is 18.0 Å². The van der Waals surface area contributed by atoms with E-state index in [4.69, 9.17) is 11.5 Å². The normalized spacial score (nSPS) is 14.4. The molecule has 0 spiro atoms. The number of amides is 1. The minimum atomic E-state index is -4.68. The van der Waals surface area contributed by atoms with Crippen LogP contribution < -0.4 is 16.8 Å². The van der Waals surface area contributed by atoms with Crippen molar-refractivity contribution in [2.45, 2.75) is 32.5 Å². The molecule has 4 nitrogen and oxygen atoms in total. The fourth-order valence-electron chi connectivity index (χ4n) is 1.02. The lowest BCUT2D eigenvalue weighted by molar-refractivity contribution is -0.117. The van der Waals surface area contributed by atoms with Gasteiger partial charge in [-0.3, -0.25) is 4.79 Å². The van der Waals surface area contributed by atoms with E-state index in [0.717, 1.165) is 0 Å². The van der Waals surface area contributed by atoms with E-state index in [1.807, 2.05) is 0 Å². The standard InChI is InChI=1S/C9H16F3N3O/c1-8(2,3)15-6(9(10,11)12)5(4-13)7(14)16/h15H,4,13H2,1-3H3,(H2,14,16)/b6-5+. The number of hydrogen-bond acceptors (Lipinski definition) is 3. The summed E-state index contributed by atoms with van der Waals surface area (Å²) in [4.78, 5) is 10.8. The number of rotatable bonds is 3. The topological polar surface area (TPSA) is 81.1 Å². The predicted octanol–water partition coefficient (Wildman–Crippen LogP) is 0.635. The molecule has 0 aromatic carbocycles. The van der Waals surface area contributed by atoms with Crippen LogP contribution in [0.25, 0.3) is 0 Å². The molecule has 0 fully saturated rings. The van der Waals surface area contributed by atoms with Crippen LogP contribution in [-0.4, -0.2) is 24.2 Å². The number of carbonyl (C=O) groups is 1. The molecule has 0 saturated heterocycles. The zero-order valence-corrected chi connectivity index (χ0v) is 9.40. The van der Waals surface area contributed by atoms with E-state index in [0.29, 0.717) is 0 Å². The Labute approximate surface area is 91.9 Å². The Bertz CT molecular complexity index is 302. The highest BCUT2D eigenvalue weighted by Gasteiger charge is 2.39. The lowest BCUT2D eigenvalue weighted by Crippen LogP contribution is -2.43. The second kappa shape index (κ2) is 4.73. The molecule has 0 aliphatic carbocycles. The van der Waals surface area contributed by atoms with Crippen molar-refractivity contribution in [3.8, 4) is 0 Å². The molecule has 0 atom stereocenters. The molecular weight excluding hydrogens is 223 g/mol. The van der Waals surface area contributed by atoms with Crippen molar-refractivity contribution >= 4 is 5.91 Å². The number of allylic oxidation sites excluding steroid dienone is 1. The molecule has 0 aromatic heterocycles. The molecule has 0 heterocycles. The molecule has 1 amide bonds. The fraction of sp³-hybridized carbons (Fsp3) is 0.667. The van der Waals surface area contributed by atoms with E-state index in [-0.39, 0.29) is 0 Å². The quantitative estimate of drug-likeness (QED) is 0.632. The van der Waals surface area contributed by atoms with Gasteiger partial charge < -0.3 is 16.8 Å². The molecule has 0 bridgehead atoms. The molecule has 0 radical (unpaired) electrons. The van der Waals surface area contributed by atoms with E-state index in [1.165, 1.54) is 20.8 Å². The van der Waals surface area contributed by atoms with Gasteiger partial charge in [0.25, 0.3) is 0 Å². The number of carbonyl (C=O) groups excluding carboxylic acids is 1. The number of hydrogen-bond donors (Lipinski definition) is 3. The highest BCUT2D eigenvalue weighted by Crippen LogP contribution is 2.27. The van der Waals surface area contributed by atoms with Crippen molar-refractivity contribution in [2.75, 3.05) is 6.54 Å². The van der Waals surface area contributed by atoms with Gasteiger partial charge in [-0.05, 0) is 20.8 Å². The van der Waals surface area contributed by atoms with Gasteiger partial charge >= 0.3 is 6.18 Å². The summed E-state index contributed by atoms with van der Waals surface area (Å²) in [6.45, 7) is 4.04. The molecular formula is C9H16F3N3O. The lowest BCUT2D eigenvalue weighted by Gasteiger charge is -2.27. The van der Waals surface area contributed by atoms with Crippen molar-refractivity contribution in [1.29, 1.82) is 0 Å². The first-order valence-electron chi connectivity index (χ1n) is 4.57. The van der Waals surface area contributed by atoms with Crippen LogP contribution in [0.15, 0.2) is 11.3 Å². The molecule has 94 valence electrons. The summed E-state index contributed by atoms with van der Waals surface area (Å²) >= 11 is 0. The van der Waals surface area contributed by atoms with Gasteiger partial charge in [0.15, 0.2) is 0 Å². The number of halogens is 3. The van der Waals surface area contributed by atoms with Gasteiger partial charge in [0, 0.05) is 12.1 Å². The lowest BCUT2D eigenvalue weighted by atomic mass is 10.1. The van der Waals surface area contributed by atoms with Gasteiger partial charge in [-0.2, -0.15) is 13.2 Å². The molecule has 16 heavy (non-hydrogen) atoms. The van der Waals surface area contributed by atoms with Crippen LogP contribution in [0.4, 0.5) is 13.2 Å². The number of nitrogens with one attached hydrogen (secondary N) is 1. The van der Waals surface area contributed by atoms with Crippen molar-refractivity contribution in [1.82, 2.24) is 5.32 Å². The molecule has 0 aromatic rings. The average Bonchev–Trinajstić information content (AvgIpc) is 1.99. The monoisotopic (exact) mass is 239 g/mol. The summed E-state index contributed by atoms with van der Waals surface area (Å²) in [6.07, 6.45) is -4.68. The first kappa shape index (κ1) is 14.8. The summed E-state index contributed by atoms with van der Waals surface area (Å²) in [7, 11) is 0. The number of primary amides is 1. The highest BCUT2D eigenvalue weighted by molar-refractivity contribution is 5.93. The molecule has 0 saturated carbocycles. The number of alkyl halides is 3. The Kier molecular flexibility index (Phi) is 4.36. The van der Waals surface area contributed by atoms with Gasteiger partial charge in [0.1, 0.15) is 5.70 Å². The largest absolute Gasteiger partial charge is 0.431 e. The van der Waals surface area contributed by atoms with Crippen LogP contribution in [0, 0.1) is 0 Å². The van der Waals surface area contributed by atoms with Gasteiger partial charge in [-0.15, -0.1) is 0 Å². The Morgan fingerprint density at radius 1 is 1.25 bits per heavy atom. The summed E-state index contributed by atoms with van der Waals surface area (Å²) in [5.41, 5.74) is 7.27. The van der Waals surface area contributed by atoms with E-state index in [1.54, 1.807) is 0 Å². The molecule has 5 N–H and O–H groups in total. The van der Waals surface area contributed by atoms with Crippen LogP contribution in [0.1, 0.15) is 20.8 Å². The predicted molar refractivity (Wildman–Crippen MR) is 54.2 cm³/mol. The maximum Gasteiger partial charge on any atom is 0.431 e. The Balaban J connectivity index is 5.48. The van der Waals surface area contributed by atoms with Crippen LogP contribution in [0.3, 0.4) is 0 Å². The fourth-order valence-corrected chi connectivity index (χ4v) is 1.02. The SMILES string of the molecule is CC(C)(C)N/C(=C(\CN)C(N)=O)C(F)(F)F. The zero-order chi connectivity index (χ0) is 13.1. The third-order valence-corrected chi connectivity index (χ3v) is 1.59. The maximum absolute atomic E-state index is 12.7. The smallest absolute Gasteiger partial charge is 0.376 e. The van der Waals surface area contributed by atoms with Gasteiger partial charge in [-0.1, -0.05) is 0 Å². The minimum absolute atomic E-state index is 0.562. The van der Waals surface area contributed by atoms with Crippen molar-refractivity contribution in [2.24, 2.45) is 11.5 Å². The Hall–Kier alpha value is -1.24. The molecule has 0 unspecified atom stereocenters. The summed E-state index contributed by atoms with van der Waals surface area (Å²) in [5, 5.41) is 2.20. The molecule has 0 rings (SSSR count). The zero-order valence-electron chi connectivity index (χ0n) is 9.40. The first-order chi connectivity index (χ1) is 6.99. The van der Waals surface area contributed by atoms with Crippen LogP contribution in [-0.2, 0) is 4.79 Å². The molecule has 7 heteroatoms. The van der Waals surface area contributed by atoms with E-state index >= 15 is 0 Å². The van der Waals surface area contributed by atoms with Gasteiger partial charge in [0.05, 0.1) is 5.57 Å². The van der Waals surface area contributed by atoms with Crippen LogP contribution in [0.5, 0.6) is 0 Å². The van der Waals surface area contributed by atoms with E-state index in [9.17, 15) is 18.0 Å². The Morgan fingerprint density at radius 2 is 1.69 bits per heavy atom. The highest BCUT2D eigenvalue weighted by atomic mass is 19.4. The second-order valence-electron chi connectivity index (χ2n) is 4.29. The molecule has 0 aliphatic rings. The Morgan fingerprint density at radius 3 is 1.88 bits per heavy atom. The average molecular weight is 239 g/mol. The van der Waals surface area contributed by atoms with E-state index in [2.05, 4.69) is 5.32 Å². The van der Waals surface area contributed by atoms with Crippen LogP contribution in [0.2, 0.25) is 0 Å². The third kappa shape index (κ3) is 4.52. The number of nitrogens with two attached hydrogens (primary N) is 2. The van der Waals surface area contributed by atoms with Crippen LogP contribution >= 0.6 is 0 Å². The van der Waals surface area contributed by atoms with Crippen molar-refractivity contribution in [3.63, 3.8) is 0 Å².